The molecular weight excluding hydrogens is 318 g/mol. The summed E-state index contributed by atoms with van der Waals surface area (Å²) in [6.07, 6.45) is 2.85. The maximum atomic E-state index is 12.8. The van der Waals surface area contributed by atoms with Gasteiger partial charge in [0.05, 0.1) is 11.5 Å². The van der Waals surface area contributed by atoms with Crippen LogP contribution in [0.4, 0.5) is 5.69 Å². The highest BCUT2D eigenvalue weighted by Gasteiger charge is 2.42. The van der Waals surface area contributed by atoms with E-state index in [1.54, 1.807) is 0 Å². The van der Waals surface area contributed by atoms with Crippen molar-refractivity contribution in [1.29, 1.82) is 0 Å². The van der Waals surface area contributed by atoms with Crippen molar-refractivity contribution in [3.63, 3.8) is 0 Å². The molecule has 3 heterocycles. The monoisotopic (exact) mass is 343 g/mol. The second-order valence-corrected chi connectivity index (χ2v) is 7.45. The molecule has 1 atom stereocenters. The van der Waals surface area contributed by atoms with Gasteiger partial charge in [-0.05, 0) is 43.2 Å². The SMILES string of the molecule is NC1(C(=O)N2CCC(C3C(=O)Nc4ccccc43)CC2)CCOCC1. The van der Waals surface area contributed by atoms with Crippen molar-refractivity contribution in [3.05, 3.63) is 29.8 Å². The molecule has 3 N–H and O–H groups in total. The summed E-state index contributed by atoms with van der Waals surface area (Å²) in [4.78, 5) is 27.1. The smallest absolute Gasteiger partial charge is 0.242 e. The van der Waals surface area contributed by atoms with Crippen LogP contribution in [0.15, 0.2) is 24.3 Å². The number of hydrogen-bond donors (Lipinski definition) is 2. The Bertz CT molecular complexity index is 676. The highest BCUT2D eigenvalue weighted by Crippen LogP contribution is 2.41. The number of nitrogens with one attached hydrogen (secondary N) is 1. The Balaban J connectivity index is 1.42. The topological polar surface area (TPSA) is 84.7 Å². The Morgan fingerprint density at radius 3 is 2.60 bits per heavy atom. The lowest BCUT2D eigenvalue weighted by atomic mass is 9.80. The van der Waals surface area contributed by atoms with Crippen LogP contribution in [0.25, 0.3) is 0 Å². The number of piperidine rings is 1. The van der Waals surface area contributed by atoms with Crippen LogP contribution in [0, 0.1) is 5.92 Å². The van der Waals surface area contributed by atoms with Crippen LogP contribution in [0.1, 0.15) is 37.2 Å². The van der Waals surface area contributed by atoms with Crippen LogP contribution in [-0.4, -0.2) is 48.6 Å². The minimum absolute atomic E-state index is 0.0468. The first-order valence-corrected chi connectivity index (χ1v) is 9.14. The molecule has 2 amide bonds. The molecule has 4 rings (SSSR count). The van der Waals surface area contributed by atoms with Gasteiger partial charge in [-0.2, -0.15) is 0 Å². The number of nitrogens with zero attached hydrogens (tertiary/aromatic N) is 1. The standard InChI is InChI=1S/C19H25N3O3/c20-19(7-11-25-12-8-19)18(24)22-9-5-13(6-10-22)16-14-3-1-2-4-15(14)21-17(16)23/h1-4,13,16H,5-12,20H2,(H,21,23). The van der Waals surface area contributed by atoms with Gasteiger partial charge < -0.3 is 20.7 Å². The van der Waals surface area contributed by atoms with E-state index in [-0.39, 0.29) is 23.7 Å². The van der Waals surface area contributed by atoms with Gasteiger partial charge in [0.15, 0.2) is 0 Å². The van der Waals surface area contributed by atoms with Gasteiger partial charge >= 0.3 is 0 Å². The minimum Gasteiger partial charge on any atom is -0.381 e. The fraction of sp³-hybridized carbons (Fsp3) is 0.579. The lowest BCUT2D eigenvalue weighted by Gasteiger charge is -2.40. The lowest BCUT2D eigenvalue weighted by molar-refractivity contribution is -0.142. The van der Waals surface area contributed by atoms with Gasteiger partial charge in [0, 0.05) is 32.0 Å². The number of hydrogen-bond acceptors (Lipinski definition) is 4. The van der Waals surface area contributed by atoms with Crippen molar-refractivity contribution in [2.45, 2.75) is 37.1 Å². The fourth-order valence-electron chi connectivity index (χ4n) is 4.40. The van der Waals surface area contributed by atoms with Gasteiger partial charge in [0.2, 0.25) is 11.8 Å². The molecule has 1 aromatic carbocycles. The molecule has 6 heteroatoms. The third-order valence-electron chi connectivity index (χ3n) is 5.95. The van der Waals surface area contributed by atoms with Crippen LogP contribution in [0.2, 0.25) is 0 Å². The number of para-hydroxylation sites is 1. The van der Waals surface area contributed by atoms with E-state index < -0.39 is 5.54 Å². The molecular formula is C19H25N3O3. The maximum Gasteiger partial charge on any atom is 0.242 e. The molecule has 1 unspecified atom stereocenters. The summed E-state index contributed by atoms with van der Waals surface area (Å²) in [6, 6.07) is 7.91. The third kappa shape index (κ3) is 2.93. The van der Waals surface area contributed by atoms with E-state index in [1.807, 2.05) is 29.2 Å². The number of carbonyl (C=O) groups is 2. The van der Waals surface area contributed by atoms with E-state index in [2.05, 4.69) is 5.32 Å². The van der Waals surface area contributed by atoms with Crippen molar-refractivity contribution in [1.82, 2.24) is 4.90 Å². The second kappa shape index (κ2) is 6.42. The highest BCUT2D eigenvalue weighted by molar-refractivity contribution is 6.03. The van der Waals surface area contributed by atoms with Crippen LogP contribution < -0.4 is 11.1 Å². The maximum absolute atomic E-state index is 12.8. The summed E-state index contributed by atoms with van der Waals surface area (Å²) < 4.78 is 5.34. The molecule has 6 nitrogen and oxygen atoms in total. The summed E-state index contributed by atoms with van der Waals surface area (Å²) in [5.74, 6) is 0.315. The van der Waals surface area contributed by atoms with Gasteiger partial charge in [-0.3, -0.25) is 9.59 Å². The summed E-state index contributed by atoms with van der Waals surface area (Å²) >= 11 is 0. The fourth-order valence-corrected chi connectivity index (χ4v) is 4.40. The number of ether oxygens (including phenoxy) is 1. The normalized spacial score (nSPS) is 26.2. The van der Waals surface area contributed by atoms with E-state index in [0.29, 0.717) is 39.1 Å². The van der Waals surface area contributed by atoms with E-state index in [0.717, 1.165) is 24.1 Å². The van der Waals surface area contributed by atoms with Crippen LogP contribution in [0.3, 0.4) is 0 Å². The molecule has 25 heavy (non-hydrogen) atoms. The molecule has 2 fully saturated rings. The summed E-state index contributed by atoms with van der Waals surface area (Å²) in [5.41, 5.74) is 7.59. The van der Waals surface area contributed by atoms with Crippen molar-refractivity contribution in [2.24, 2.45) is 11.7 Å². The number of nitrogens with two attached hydrogens (primary N) is 1. The van der Waals surface area contributed by atoms with Gasteiger partial charge in [0.1, 0.15) is 0 Å². The van der Waals surface area contributed by atoms with Crippen molar-refractivity contribution in [2.75, 3.05) is 31.6 Å². The first kappa shape index (κ1) is 16.5. The zero-order chi connectivity index (χ0) is 17.4. The molecule has 2 saturated heterocycles. The lowest BCUT2D eigenvalue weighted by Crippen LogP contribution is -2.59. The van der Waals surface area contributed by atoms with Gasteiger partial charge in [-0.25, -0.2) is 0 Å². The quantitative estimate of drug-likeness (QED) is 0.852. The summed E-state index contributed by atoms with van der Waals surface area (Å²) in [7, 11) is 0. The molecule has 3 aliphatic heterocycles. The number of amides is 2. The zero-order valence-corrected chi connectivity index (χ0v) is 14.4. The van der Waals surface area contributed by atoms with E-state index in [4.69, 9.17) is 10.5 Å². The molecule has 3 aliphatic rings. The molecule has 0 aromatic heterocycles. The van der Waals surface area contributed by atoms with Crippen LogP contribution >= 0.6 is 0 Å². The largest absolute Gasteiger partial charge is 0.381 e. The first-order chi connectivity index (χ1) is 12.1. The Labute approximate surface area is 147 Å². The zero-order valence-electron chi connectivity index (χ0n) is 14.4. The summed E-state index contributed by atoms with van der Waals surface area (Å²) in [6.45, 7) is 2.46. The summed E-state index contributed by atoms with van der Waals surface area (Å²) in [5, 5.41) is 2.98. The Morgan fingerprint density at radius 1 is 1.20 bits per heavy atom. The number of fused-ring (bicyclic) bond motifs is 1. The minimum atomic E-state index is -0.775. The Morgan fingerprint density at radius 2 is 1.88 bits per heavy atom. The predicted molar refractivity (Wildman–Crippen MR) is 94.1 cm³/mol. The van der Waals surface area contributed by atoms with E-state index in [1.165, 1.54) is 0 Å². The first-order valence-electron chi connectivity index (χ1n) is 9.14. The number of benzene rings is 1. The Hall–Kier alpha value is -1.92. The van der Waals surface area contributed by atoms with E-state index >= 15 is 0 Å². The van der Waals surface area contributed by atoms with Gasteiger partial charge in [-0.1, -0.05) is 18.2 Å². The molecule has 0 aliphatic carbocycles. The van der Waals surface area contributed by atoms with Crippen LogP contribution in [-0.2, 0) is 14.3 Å². The number of carbonyl (C=O) groups excluding carboxylic acids is 2. The van der Waals surface area contributed by atoms with Crippen molar-refractivity contribution < 1.29 is 14.3 Å². The van der Waals surface area contributed by atoms with Gasteiger partial charge in [-0.15, -0.1) is 0 Å². The van der Waals surface area contributed by atoms with Crippen molar-refractivity contribution >= 4 is 17.5 Å². The third-order valence-corrected chi connectivity index (χ3v) is 5.95. The van der Waals surface area contributed by atoms with Crippen molar-refractivity contribution in [3.8, 4) is 0 Å². The molecule has 134 valence electrons. The predicted octanol–water partition coefficient (Wildman–Crippen LogP) is 1.47. The molecule has 0 saturated carbocycles. The van der Waals surface area contributed by atoms with Crippen LogP contribution in [0.5, 0.6) is 0 Å². The average molecular weight is 343 g/mol. The molecule has 0 radical (unpaired) electrons. The highest BCUT2D eigenvalue weighted by atomic mass is 16.5. The molecule has 0 bridgehead atoms. The number of anilines is 1. The number of likely N-dealkylation sites (tertiary alicyclic amines) is 1. The molecule has 1 aromatic rings. The number of rotatable bonds is 2. The van der Waals surface area contributed by atoms with Gasteiger partial charge in [0.25, 0.3) is 0 Å². The van der Waals surface area contributed by atoms with E-state index in [9.17, 15) is 9.59 Å². The average Bonchev–Trinajstić information content (AvgIpc) is 2.97. The molecule has 0 spiro atoms. The second-order valence-electron chi connectivity index (χ2n) is 7.45. The Kier molecular flexibility index (Phi) is 4.25.